The average Bonchev–Trinajstić information content (AvgIpc) is 2.26. The van der Waals surface area contributed by atoms with Crippen LogP contribution in [0.1, 0.15) is 19.3 Å². The van der Waals surface area contributed by atoms with Crippen LogP contribution in [0.25, 0.3) is 0 Å². The zero-order valence-electron chi connectivity index (χ0n) is 12.6. The van der Waals surface area contributed by atoms with Crippen molar-refractivity contribution in [3.63, 3.8) is 0 Å². The number of hydrogen-bond acceptors (Lipinski definition) is 4. The summed E-state index contributed by atoms with van der Waals surface area (Å²) in [5.74, 6) is -4.01. The van der Waals surface area contributed by atoms with Crippen LogP contribution >= 0.6 is 15.4 Å². The summed E-state index contributed by atoms with van der Waals surface area (Å²) in [6, 6.07) is -0.726. The van der Waals surface area contributed by atoms with E-state index in [1.807, 2.05) is 0 Å². The smallest absolute Gasteiger partial charge is 0.470 e. The van der Waals surface area contributed by atoms with Crippen molar-refractivity contribution in [1.82, 2.24) is 0 Å². The molecule has 0 radical (unpaired) electrons. The highest BCUT2D eigenvalue weighted by atomic mass is 35.5. The summed E-state index contributed by atoms with van der Waals surface area (Å²) >= 11 is 0. The van der Waals surface area contributed by atoms with Crippen molar-refractivity contribution in [3.8, 4) is 0 Å². The van der Waals surface area contributed by atoms with Gasteiger partial charge < -0.3 is 41.6 Å². The van der Waals surface area contributed by atoms with Crippen molar-refractivity contribution >= 4 is 21.4 Å². The van der Waals surface area contributed by atoms with E-state index in [1.54, 1.807) is 14.1 Å². The molecule has 1 fully saturated rings. The van der Waals surface area contributed by atoms with E-state index in [4.69, 9.17) is 9.79 Å². The van der Waals surface area contributed by atoms with Crippen molar-refractivity contribution in [2.75, 3.05) is 20.6 Å². The van der Waals surface area contributed by atoms with Gasteiger partial charge in [-0.25, -0.2) is 4.57 Å². The number of halogens is 1. The molecule has 0 aromatic rings. The van der Waals surface area contributed by atoms with Gasteiger partial charge in [-0.2, -0.15) is 0 Å². The molecule has 0 saturated carbocycles. The van der Waals surface area contributed by atoms with Crippen LogP contribution in [0.2, 0.25) is 0 Å². The van der Waals surface area contributed by atoms with Crippen molar-refractivity contribution < 1.29 is 60.0 Å². The highest BCUT2D eigenvalue weighted by Gasteiger charge is 2.48. The Hall–Kier alpha value is -0.0200. The molecule has 23 heavy (non-hydrogen) atoms. The predicted octanol–water partition coefficient (Wildman–Crippen LogP) is -3.07. The van der Waals surface area contributed by atoms with Crippen molar-refractivity contribution in [2.45, 2.75) is 31.1 Å². The average molecular weight is 398 g/mol. The first-order valence-corrected chi connectivity index (χ1v) is 9.80. The summed E-state index contributed by atoms with van der Waals surface area (Å²) in [5, 5.41) is 9.29. The quantitative estimate of drug-likeness (QED) is 0.231. The summed E-state index contributed by atoms with van der Waals surface area (Å²) in [4.78, 5) is 47.5. The van der Waals surface area contributed by atoms with Gasteiger partial charge in [0.05, 0.1) is 20.6 Å². The number of carboxylic acids is 1. The summed E-state index contributed by atoms with van der Waals surface area (Å²) in [7, 11) is -6.65. The Kier molecular flexibility index (Phi) is 7.90. The van der Waals surface area contributed by atoms with Crippen LogP contribution in [0.5, 0.6) is 0 Å². The molecule has 1 aliphatic rings. The van der Waals surface area contributed by atoms with E-state index in [9.17, 15) is 28.8 Å². The number of rotatable bonds is 6. The third-order valence-electron chi connectivity index (χ3n) is 4.01. The van der Waals surface area contributed by atoms with Crippen LogP contribution < -0.4 is 12.4 Å². The number of phosphoric acid groups is 1. The summed E-state index contributed by atoms with van der Waals surface area (Å²) < 4.78 is 26.8. The van der Waals surface area contributed by atoms with Crippen LogP contribution in [0, 0.1) is 5.92 Å². The van der Waals surface area contributed by atoms with Gasteiger partial charge in [0.25, 0.3) is 0 Å². The summed E-state index contributed by atoms with van der Waals surface area (Å²) in [6.07, 6.45) is 0.519. The van der Waals surface area contributed by atoms with Gasteiger partial charge in [-0.05, 0) is 12.8 Å². The van der Waals surface area contributed by atoms with Gasteiger partial charge in [0.15, 0.2) is 5.85 Å². The Labute approximate surface area is 139 Å². The second kappa shape index (κ2) is 7.91. The lowest BCUT2D eigenvalue weighted by Gasteiger charge is -2.45. The second-order valence-corrected chi connectivity index (χ2v) is 8.98. The third kappa shape index (κ3) is 6.78. The molecule has 1 heterocycles. The Morgan fingerprint density at radius 3 is 2.17 bits per heavy atom. The Morgan fingerprint density at radius 2 is 1.78 bits per heavy atom. The zero-order valence-corrected chi connectivity index (χ0v) is 15.2. The molecule has 3 unspecified atom stereocenters. The highest BCUT2D eigenvalue weighted by molar-refractivity contribution is 7.53. The van der Waals surface area contributed by atoms with E-state index in [-0.39, 0.29) is 16.9 Å². The first-order chi connectivity index (χ1) is 9.74. The minimum absolute atomic E-state index is 0. The van der Waals surface area contributed by atoms with Crippen LogP contribution in [-0.2, 0) is 18.4 Å². The number of carbonyl (C=O) groups is 1. The van der Waals surface area contributed by atoms with E-state index in [2.05, 4.69) is 4.52 Å². The largest absolute Gasteiger partial charge is 1.00 e. The minimum atomic E-state index is -5.12. The van der Waals surface area contributed by atoms with E-state index >= 15 is 0 Å². The third-order valence-corrected chi connectivity index (χ3v) is 5.77. The maximum absolute atomic E-state index is 11.4. The molecule has 0 bridgehead atoms. The van der Waals surface area contributed by atoms with Gasteiger partial charge >= 0.3 is 21.4 Å². The molecular weight excluding hydrogens is 376 g/mol. The lowest BCUT2D eigenvalue weighted by Crippen LogP contribution is -3.00. The lowest BCUT2D eigenvalue weighted by atomic mass is 9.86. The Morgan fingerprint density at radius 1 is 1.26 bits per heavy atom. The van der Waals surface area contributed by atoms with Gasteiger partial charge in [-0.1, -0.05) is 0 Å². The number of piperidine rings is 1. The van der Waals surface area contributed by atoms with Crippen LogP contribution in [0.3, 0.4) is 0 Å². The number of aliphatic carboxylic acids is 1. The zero-order chi connectivity index (χ0) is 17.3. The number of phosphoric ester groups is 1. The number of likely N-dealkylation sites (tertiary alicyclic amines) is 1. The van der Waals surface area contributed by atoms with Gasteiger partial charge in [0.2, 0.25) is 0 Å². The molecular formula is C10H22ClNO9P2. The Bertz CT molecular complexity index is 516. The van der Waals surface area contributed by atoms with Crippen molar-refractivity contribution in [1.29, 1.82) is 0 Å². The number of quaternary nitrogens is 1. The molecule has 0 aromatic heterocycles. The predicted molar refractivity (Wildman–Crippen MR) is 74.7 cm³/mol. The Balaban J connectivity index is 0.00000484. The van der Waals surface area contributed by atoms with E-state index in [0.717, 1.165) is 0 Å². The summed E-state index contributed by atoms with van der Waals surface area (Å²) in [5.41, 5.74) is 0. The molecule has 13 heteroatoms. The monoisotopic (exact) mass is 397 g/mol. The first kappa shape index (κ1) is 23.0. The van der Waals surface area contributed by atoms with Gasteiger partial charge in [-0.15, -0.1) is 0 Å². The second-order valence-electron chi connectivity index (χ2n) is 6.03. The van der Waals surface area contributed by atoms with Gasteiger partial charge in [0, 0.05) is 6.42 Å². The van der Waals surface area contributed by atoms with Crippen molar-refractivity contribution in [2.24, 2.45) is 5.92 Å². The topological polar surface area (TPSA) is 162 Å². The molecule has 0 aromatic carbocycles. The van der Waals surface area contributed by atoms with Crippen LogP contribution in [0.15, 0.2) is 0 Å². The van der Waals surface area contributed by atoms with Gasteiger partial charge in [-0.3, -0.25) is 13.9 Å². The first-order valence-electron chi connectivity index (χ1n) is 6.58. The maximum Gasteiger partial charge on any atom is 0.470 e. The van der Waals surface area contributed by atoms with E-state index in [0.29, 0.717) is 19.4 Å². The molecule has 138 valence electrons. The fourth-order valence-electron chi connectivity index (χ4n) is 2.91. The van der Waals surface area contributed by atoms with E-state index < -0.39 is 45.6 Å². The fraction of sp³-hybridized carbons (Fsp3) is 0.900. The standard InChI is InChI=1S/C10H21NO9P2.ClH/c1-11(2)5-3-4-7(10(12)13)8(11)6-9(21(14,15)16)20-22(17,18)19;/h7-9H,3-6H2,1-2H3,(H4-,12,13,14,15,16,17,18,19);1H. The number of nitrogens with zero attached hydrogens (tertiary/aromatic N) is 1. The van der Waals surface area contributed by atoms with Crippen molar-refractivity contribution in [3.05, 3.63) is 0 Å². The molecule has 3 atom stereocenters. The normalized spacial score (nSPS) is 26.2. The molecule has 0 spiro atoms. The van der Waals surface area contributed by atoms with Gasteiger partial charge in [0.1, 0.15) is 12.0 Å². The number of hydrogen-bond donors (Lipinski definition) is 5. The molecule has 0 amide bonds. The van der Waals surface area contributed by atoms with E-state index in [1.165, 1.54) is 0 Å². The highest BCUT2D eigenvalue weighted by Crippen LogP contribution is 2.53. The molecule has 1 saturated heterocycles. The molecule has 5 N–H and O–H groups in total. The lowest BCUT2D eigenvalue weighted by molar-refractivity contribution is -0.923. The molecule has 0 aliphatic carbocycles. The molecule has 1 aliphatic heterocycles. The molecule has 10 nitrogen and oxygen atoms in total. The molecule has 1 rings (SSSR count). The number of carboxylic acid groups (broad SMARTS) is 1. The van der Waals surface area contributed by atoms with Crippen LogP contribution in [-0.4, -0.2) is 67.7 Å². The SMILES string of the molecule is C[N+]1(C)CCCC(C(=O)O)C1CC(OP(=O)(O)O)P(=O)(O)O.[Cl-]. The summed E-state index contributed by atoms with van der Waals surface area (Å²) in [6.45, 7) is 0.595. The van der Waals surface area contributed by atoms with Crippen LogP contribution in [0.4, 0.5) is 0 Å². The minimum Gasteiger partial charge on any atom is -1.00 e. The maximum atomic E-state index is 11.4. The fourth-order valence-corrected chi connectivity index (χ4v) is 4.66.